The van der Waals surface area contributed by atoms with Crippen LogP contribution in [-0.2, 0) is 10.2 Å². The van der Waals surface area contributed by atoms with Crippen LogP contribution in [0.25, 0.3) is 0 Å². The van der Waals surface area contributed by atoms with Crippen molar-refractivity contribution >= 4 is 22.4 Å². The normalized spacial score (nSPS) is 13.0. The van der Waals surface area contributed by atoms with Crippen molar-refractivity contribution in [2.45, 2.75) is 32.3 Å². The fraction of sp³-hybridized carbons (Fsp3) is 0.333. The minimum atomic E-state index is -0.641. The number of aliphatic hydroxyl groups excluding tert-OH is 1. The van der Waals surface area contributed by atoms with Gasteiger partial charge in [0.25, 0.3) is 0 Å². The number of hydrogen-bond acceptors (Lipinski definition) is 4. The van der Waals surface area contributed by atoms with E-state index in [4.69, 9.17) is 0 Å². The van der Waals surface area contributed by atoms with Gasteiger partial charge in [0.1, 0.15) is 0 Å². The summed E-state index contributed by atoms with van der Waals surface area (Å²) in [6, 6.07) is 9.62. The SMILES string of the molecule is CC(O)c1csc(NC(=O)C(C)(C)c2ccccc2)n1. The third-order valence-electron chi connectivity index (χ3n) is 3.23. The Morgan fingerprint density at radius 1 is 1.35 bits per heavy atom. The van der Waals surface area contributed by atoms with Crippen molar-refractivity contribution in [2.24, 2.45) is 0 Å². The molecule has 1 atom stereocenters. The number of nitrogens with one attached hydrogen (secondary N) is 1. The molecule has 0 saturated heterocycles. The van der Waals surface area contributed by atoms with Gasteiger partial charge in [-0.15, -0.1) is 11.3 Å². The molecule has 2 aromatic rings. The smallest absolute Gasteiger partial charge is 0.236 e. The highest BCUT2D eigenvalue weighted by molar-refractivity contribution is 7.13. The van der Waals surface area contributed by atoms with Gasteiger partial charge in [-0.25, -0.2) is 4.98 Å². The summed E-state index contributed by atoms with van der Waals surface area (Å²) >= 11 is 1.31. The molecule has 0 aliphatic rings. The lowest BCUT2D eigenvalue weighted by Gasteiger charge is -2.23. The summed E-state index contributed by atoms with van der Waals surface area (Å²) < 4.78 is 0. The van der Waals surface area contributed by atoms with Crippen LogP contribution in [0.3, 0.4) is 0 Å². The van der Waals surface area contributed by atoms with E-state index in [0.717, 1.165) is 5.56 Å². The standard InChI is InChI=1S/C15H18N2O2S/c1-10(18)12-9-20-14(16-12)17-13(19)15(2,3)11-7-5-4-6-8-11/h4-10,18H,1-3H3,(H,16,17,19). The molecule has 0 bridgehead atoms. The molecular weight excluding hydrogens is 272 g/mol. The van der Waals surface area contributed by atoms with Crippen LogP contribution >= 0.6 is 11.3 Å². The maximum absolute atomic E-state index is 12.4. The van der Waals surface area contributed by atoms with Crippen LogP contribution in [0, 0.1) is 0 Å². The van der Waals surface area contributed by atoms with E-state index < -0.39 is 11.5 Å². The van der Waals surface area contributed by atoms with Crippen molar-refractivity contribution in [2.75, 3.05) is 5.32 Å². The molecule has 0 aliphatic heterocycles. The topological polar surface area (TPSA) is 62.2 Å². The molecule has 2 rings (SSSR count). The maximum Gasteiger partial charge on any atom is 0.236 e. The summed E-state index contributed by atoms with van der Waals surface area (Å²) in [5, 5.41) is 14.5. The molecule has 0 saturated carbocycles. The van der Waals surface area contributed by atoms with E-state index in [-0.39, 0.29) is 5.91 Å². The molecule has 5 heteroatoms. The average Bonchev–Trinajstić information content (AvgIpc) is 2.88. The Bertz CT molecular complexity index is 591. The fourth-order valence-electron chi connectivity index (χ4n) is 1.77. The van der Waals surface area contributed by atoms with Crippen molar-refractivity contribution in [3.8, 4) is 0 Å². The highest BCUT2D eigenvalue weighted by Gasteiger charge is 2.30. The highest BCUT2D eigenvalue weighted by Crippen LogP contribution is 2.26. The van der Waals surface area contributed by atoms with E-state index in [9.17, 15) is 9.90 Å². The van der Waals surface area contributed by atoms with Crippen molar-refractivity contribution < 1.29 is 9.90 Å². The second-order valence-electron chi connectivity index (χ2n) is 5.20. The first-order chi connectivity index (χ1) is 9.41. The van der Waals surface area contributed by atoms with Crippen molar-refractivity contribution in [3.63, 3.8) is 0 Å². The summed E-state index contributed by atoms with van der Waals surface area (Å²) in [6.45, 7) is 5.40. The van der Waals surface area contributed by atoms with Gasteiger partial charge < -0.3 is 10.4 Å². The van der Waals surface area contributed by atoms with Crippen molar-refractivity contribution in [1.82, 2.24) is 4.98 Å². The zero-order chi connectivity index (χ0) is 14.8. The second-order valence-corrected chi connectivity index (χ2v) is 6.06. The van der Waals surface area contributed by atoms with Gasteiger partial charge in [0, 0.05) is 5.38 Å². The summed E-state index contributed by atoms with van der Waals surface area (Å²) in [7, 11) is 0. The first-order valence-corrected chi connectivity index (χ1v) is 7.29. The molecule has 1 aromatic carbocycles. The Labute approximate surface area is 122 Å². The number of hydrogen-bond donors (Lipinski definition) is 2. The maximum atomic E-state index is 12.4. The van der Waals surface area contributed by atoms with Gasteiger partial charge in [-0.3, -0.25) is 4.79 Å². The number of anilines is 1. The molecular formula is C15H18N2O2S. The van der Waals surface area contributed by atoms with E-state index in [1.165, 1.54) is 11.3 Å². The Hall–Kier alpha value is -1.72. The predicted molar refractivity (Wildman–Crippen MR) is 80.8 cm³/mol. The molecule has 2 N–H and O–H groups in total. The Morgan fingerprint density at radius 2 is 2.00 bits per heavy atom. The van der Waals surface area contributed by atoms with Crippen LogP contribution < -0.4 is 5.32 Å². The van der Waals surface area contributed by atoms with Gasteiger partial charge in [-0.05, 0) is 26.3 Å². The van der Waals surface area contributed by atoms with Crippen molar-refractivity contribution in [3.05, 3.63) is 47.0 Å². The minimum Gasteiger partial charge on any atom is -0.387 e. The van der Waals surface area contributed by atoms with Gasteiger partial charge in [0.05, 0.1) is 17.2 Å². The lowest BCUT2D eigenvalue weighted by Crippen LogP contribution is -2.34. The summed E-state index contributed by atoms with van der Waals surface area (Å²) in [5.41, 5.74) is 0.880. The molecule has 0 fully saturated rings. The van der Waals surface area contributed by atoms with Gasteiger partial charge in [0.2, 0.25) is 5.91 Å². The molecule has 0 spiro atoms. The van der Waals surface area contributed by atoms with Gasteiger partial charge in [-0.1, -0.05) is 30.3 Å². The van der Waals surface area contributed by atoms with E-state index >= 15 is 0 Å². The van der Waals surface area contributed by atoms with Gasteiger partial charge in [0.15, 0.2) is 5.13 Å². The van der Waals surface area contributed by atoms with Crippen LogP contribution in [-0.4, -0.2) is 16.0 Å². The molecule has 106 valence electrons. The van der Waals surface area contributed by atoms with E-state index in [1.54, 1.807) is 12.3 Å². The quantitative estimate of drug-likeness (QED) is 0.909. The largest absolute Gasteiger partial charge is 0.387 e. The summed E-state index contributed by atoms with van der Waals surface area (Å²) in [6.07, 6.45) is -0.626. The Kier molecular flexibility index (Phi) is 4.20. The lowest BCUT2D eigenvalue weighted by molar-refractivity contribution is -0.120. The molecule has 1 aromatic heterocycles. The monoisotopic (exact) mass is 290 g/mol. The molecule has 1 amide bonds. The van der Waals surface area contributed by atoms with E-state index in [2.05, 4.69) is 10.3 Å². The second kappa shape index (κ2) is 5.73. The van der Waals surface area contributed by atoms with Crippen molar-refractivity contribution in [1.29, 1.82) is 0 Å². The van der Waals surface area contributed by atoms with Crippen LogP contribution in [0.2, 0.25) is 0 Å². The third kappa shape index (κ3) is 3.05. The zero-order valence-electron chi connectivity index (χ0n) is 11.8. The Morgan fingerprint density at radius 3 is 2.55 bits per heavy atom. The predicted octanol–water partition coefficient (Wildman–Crippen LogP) is 3.11. The van der Waals surface area contributed by atoms with Gasteiger partial charge >= 0.3 is 0 Å². The lowest BCUT2D eigenvalue weighted by atomic mass is 9.84. The number of aromatic nitrogens is 1. The number of nitrogens with zero attached hydrogens (tertiary/aromatic N) is 1. The highest BCUT2D eigenvalue weighted by atomic mass is 32.1. The van der Waals surface area contributed by atoms with E-state index in [1.807, 2.05) is 44.2 Å². The fourth-order valence-corrected chi connectivity index (χ4v) is 2.57. The van der Waals surface area contributed by atoms with Crippen LogP contribution in [0.5, 0.6) is 0 Å². The number of aliphatic hydroxyl groups is 1. The van der Waals surface area contributed by atoms with Crippen LogP contribution in [0.1, 0.15) is 38.1 Å². The minimum absolute atomic E-state index is 0.116. The van der Waals surface area contributed by atoms with Crippen LogP contribution in [0.4, 0.5) is 5.13 Å². The molecule has 0 radical (unpaired) electrons. The van der Waals surface area contributed by atoms with E-state index in [0.29, 0.717) is 10.8 Å². The number of thiazole rings is 1. The average molecular weight is 290 g/mol. The Balaban J connectivity index is 2.14. The molecule has 0 aliphatic carbocycles. The number of carbonyl (C=O) groups excluding carboxylic acids is 1. The molecule has 4 nitrogen and oxygen atoms in total. The first kappa shape index (κ1) is 14.7. The number of carbonyl (C=O) groups is 1. The van der Waals surface area contributed by atoms with Crippen LogP contribution in [0.15, 0.2) is 35.7 Å². The zero-order valence-corrected chi connectivity index (χ0v) is 12.6. The molecule has 1 heterocycles. The first-order valence-electron chi connectivity index (χ1n) is 6.41. The molecule has 1 unspecified atom stereocenters. The summed E-state index contributed by atoms with van der Waals surface area (Å²) in [5.74, 6) is -0.116. The number of benzene rings is 1. The molecule has 20 heavy (non-hydrogen) atoms. The third-order valence-corrected chi connectivity index (χ3v) is 4.01. The summed E-state index contributed by atoms with van der Waals surface area (Å²) in [4.78, 5) is 16.6. The van der Waals surface area contributed by atoms with Gasteiger partial charge in [-0.2, -0.15) is 0 Å². The number of amides is 1. The number of rotatable bonds is 4.